The summed E-state index contributed by atoms with van der Waals surface area (Å²) < 4.78 is 0. The number of likely N-dealkylation sites (tertiary alicyclic amines) is 1. The molecule has 0 aromatic carbocycles. The van der Waals surface area contributed by atoms with Crippen LogP contribution in [0.4, 0.5) is 0 Å². The van der Waals surface area contributed by atoms with Crippen LogP contribution in [-0.4, -0.2) is 34.5 Å². The molecule has 1 fully saturated rings. The Labute approximate surface area is 90.3 Å². The number of hydrogen-bond donors (Lipinski definition) is 1. The molecule has 0 aromatic rings. The maximum Gasteiger partial charge on any atom is 0.326 e. The number of carboxylic acids is 1. The molecule has 0 aromatic heterocycles. The molecule has 4 heteroatoms. The minimum atomic E-state index is -0.869. The molecule has 1 saturated heterocycles. The molecule has 0 spiro atoms. The van der Waals surface area contributed by atoms with Crippen LogP contribution in [0.5, 0.6) is 0 Å². The maximum absolute atomic E-state index is 12.0. The van der Waals surface area contributed by atoms with Gasteiger partial charge in [-0.15, -0.1) is 0 Å². The first-order chi connectivity index (χ1) is 7.11. The van der Waals surface area contributed by atoms with E-state index in [2.05, 4.69) is 0 Å². The second-order valence-corrected chi connectivity index (χ2v) is 4.04. The van der Waals surface area contributed by atoms with Crippen molar-refractivity contribution in [1.29, 1.82) is 0 Å². The summed E-state index contributed by atoms with van der Waals surface area (Å²) in [5.74, 6) is -0.860. The third kappa shape index (κ3) is 2.49. The zero-order valence-electron chi connectivity index (χ0n) is 9.40. The second kappa shape index (κ2) is 5.14. The lowest BCUT2D eigenvalue weighted by molar-refractivity contribution is -0.150. The van der Waals surface area contributed by atoms with Gasteiger partial charge < -0.3 is 10.0 Å². The van der Waals surface area contributed by atoms with Crippen molar-refractivity contribution in [2.75, 3.05) is 6.54 Å². The second-order valence-electron chi connectivity index (χ2n) is 4.04. The standard InChI is InChI=1S/C11H19NO3/c1-3-8(4-2)10(13)12-7-5-6-9(12)11(14)15/h8-9H,3-7H2,1-2H3,(H,14,15)/t9-/m1/s1. The number of aliphatic carboxylic acids is 1. The first-order valence-electron chi connectivity index (χ1n) is 5.65. The Morgan fingerprint density at radius 1 is 1.40 bits per heavy atom. The van der Waals surface area contributed by atoms with E-state index >= 15 is 0 Å². The molecule has 0 aliphatic carbocycles. The van der Waals surface area contributed by atoms with Gasteiger partial charge >= 0.3 is 5.97 Å². The van der Waals surface area contributed by atoms with Gasteiger partial charge in [-0.25, -0.2) is 4.79 Å². The van der Waals surface area contributed by atoms with Crippen LogP contribution < -0.4 is 0 Å². The van der Waals surface area contributed by atoms with E-state index in [0.717, 1.165) is 19.3 Å². The minimum absolute atomic E-state index is 0.00931. The fourth-order valence-electron chi connectivity index (χ4n) is 2.16. The first kappa shape index (κ1) is 12.0. The summed E-state index contributed by atoms with van der Waals surface area (Å²) >= 11 is 0. The van der Waals surface area contributed by atoms with E-state index in [1.54, 1.807) is 4.90 Å². The lowest BCUT2D eigenvalue weighted by atomic mass is 10.0. The Balaban J connectivity index is 2.69. The summed E-state index contributed by atoms with van der Waals surface area (Å²) in [4.78, 5) is 24.4. The highest BCUT2D eigenvalue weighted by Crippen LogP contribution is 2.22. The highest BCUT2D eigenvalue weighted by atomic mass is 16.4. The van der Waals surface area contributed by atoms with Crippen LogP contribution in [0.3, 0.4) is 0 Å². The lowest BCUT2D eigenvalue weighted by Gasteiger charge is -2.25. The molecule has 86 valence electrons. The number of carbonyl (C=O) groups excluding carboxylic acids is 1. The SMILES string of the molecule is CCC(CC)C(=O)N1CCC[C@@H]1C(=O)O. The van der Waals surface area contributed by atoms with Gasteiger partial charge in [0, 0.05) is 12.5 Å². The molecule has 1 N–H and O–H groups in total. The quantitative estimate of drug-likeness (QED) is 0.769. The molecule has 15 heavy (non-hydrogen) atoms. The zero-order chi connectivity index (χ0) is 11.4. The van der Waals surface area contributed by atoms with Gasteiger partial charge in [0.2, 0.25) is 5.91 Å². The van der Waals surface area contributed by atoms with Crippen LogP contribution >= 0.6 is 0 Å². The van der Waals surface area contributed by atoms with E-state index in [-0.39, 0.29) is 11.8 Å². The first-order valence-corrected chi connectivity index (χ1v) is 5.65. The molecule has 1 aliphatic heterocycles. The topological polar surface area (TPSA) is 57.6 Å². The average Bonchev–Trinajstić information content (AvgIpc) is 2.67. The fourth-order valence-corrected chi connectivity index (χ4v) is 2.16. The summed E-state index contributed by atoms with van der Waals surface area (Å²) in [6, 6.07) is -0.585. The smallest absolute Gasteiger partial charge is 0.326 e. The van der Waals surface area contributed by atoms with E-state index in [1.165, 1.54) is 0 Å². The maximum atomic E-state index is 12.0. The molecule has 1 amide bonds. The van der Waals surface area contributed by atoms with Gasteiger partial charge in [-0.05, 0) is 25.7 Å². The van der Waals surface area contributed by atoms with Crippen molar-refractivity contribution in [1.82, 2.24) is 4.90 Å². The molecular weight excluding hydrogens is 194 g/mol. The summed E-state index contributed by atoms with van der Waals surface area (Å²) in [5.41, 5.74) is 0. The lowest BCUT2D eigenvalue weighted by Crippen LogP contribution is -2.43. The van der Waals surface area contributed by atoms with Gasteiger partial charge in [0.05, 0.1) is 0 Å². The molecule has 4 nitrogen and oxygen atoms in total. The highest BCUT2D eigenvalue weighted by Gasteiger charge is 2.35. The molecule has 0 radical (unpaired) electrons. The number of rotatable bonds is 4. The Kier molecular flexibility index (Phi) is 4.12. The predicted molar refractivity (Wildman–Crippen MR) is 56.4 cm³/mol. The van der Waals surface area contributed by atoms with Gasteiger partial charge in [-0.3, -0.25) is 4.79 Å². The number of nitrogens with zero attached hydrogens (tertiary/aromatic N) is 1. The van der Waals surface area contributed by atoms with Crippen LogP contribution in [0.15, 0.2) is 0 Å². The molecule has 1 heterocycles. The van der Waals surface area contributed by atoms with Crippen molar-refractivity contribution in [3.05, 3.63) is 0 Å². The summed E-state index contributed by atoms with van der Waals surface area (Å²) in [7, 11) is 0. The van der Waals surface area contributed by atoms with Crippen LogP contribution in [0.2, 0.25) is 0 Å². The minimum Gasteiger partial charge on any atom is -0.480 e. The normalized spacial score (nSPS) is 21.0. The van der Waals surface area contributed by atoms with Gasteiger partial charge in [-0.2, -0.15) is 0 Å². The third-order valence-electron chi connectivity index (χ3n) is 3.16. The number of hydrogen-bond acceptors (Lipinski definition) is 2. The summed E-state index contributed by atoms with van der Waals surface area (Å²) in [5, 5.41) is 8.97. The van der Waals surface area contributed by atoms with Crippen LogP contribution in [0, 0.1) is 5.92 Å². The van der Waals surface area contributed by atoms with Gasteiger partial charge in [0.15, 0.2) is 0 Å². The van der Waals surface area contributed by atoms with E-state index < -0.39 is 12.0 Å². The molecule has 1 atom stereocenters. The van der Waals surface area contributed by atoms with Crippen molar-refractivity contribution in [2.45, 2.75) is 45.6 Å². The van der Waals surface area contributed by atoms with Gasteiger partial charge in [0.25, 0.3) is 0 Å². The monoisotopic (exact) mass is 213 g/mol. The molecule has 0 unspecified atom stereocenters. The Hall–Kier alpha value is -1.06. The van der Waals surface area contributed by atoms with E-state index in [4.69, 9.17) is 5.11 Å². The van der Waals surface area contributed by atoms with Crippen molar-refractivity contribution < 1.29 is 14.7 Å². The van der Waals surface area contributed by atoms with Crippen molar-refractivity contribution in [3.63, 3.8) is 0 Å². The predicted octanol–water partition coefficient (Wildman–Crippen LogP) is 1.50. The fraction of sp³-hybridized carbons (Fsp3) is 0.818. The van der Waals surface area contributed by atoms with E-state index in [9.17, 15) is 9.59 Å². The van der Waals surface area contributed by atoms with Gasteiger partial charge in [-0.1, -0.05) is 13.8 Å². The van der Waals surface area contributed by atoms with Crippen LogP contribution in [-0.2, 0) is 9.59 Å². The Bertz CT molecular complexity index is 248. The van der Waals surface area contributed by atoms with E-state index in [0.29, 0.717) is 13.0 Å². The molecular formula is C11H19NO3. The van der Waals surface area contributed by atoms with E-state index in [1.807, 2.05) is 13.8 Å². The van der Waals surface area contributed by atoms with Gasteiger partial charge in [0.1, 0.15) is 6.04 Å². The Morgan fingerprint density at radius 2 is 2.00 bits per heavy atom. The van der Waals surface area contributed by atoms with Crippen molar-refractivity contribution in [2.24, 2.45) is 5.92 Å². The summed E-state index contributed by atoms with van der Waals surface area (Å²) in [6.45, 7) is 4.54. The Morgan fingerprint density at radius 3 is 2.47 bits per heavy atom. The highest BCUT2D eigenvalue weighted by molar-refractivity contribution is 5.85. The zero-order valence-corrected chi connectivity index (χ0v) is 9.40. The molecule has 0 saturated carbocycles. The number of carbonyl (C=O) groups is 2. The third-order valence-corrected chi connectivity index (χ3v) is 3.16. The molecule has 0 bridgehead atoms. The van der Waals surface area contributed by atoms with Crippen molar-refractivity contribution >= 4 is 11.9 Å². The average molecular weight is 213 g/mol. The van der Waals surface area contributed by atoms with Crippen LogP contribution in [0.1, 0.15) is 39.5 Å². The molecule has 1 aliphatic rings. The van der Waals surface area contributed by atoms with Crippen molar-refractivity contribution in [3.8, 4) is 0 Å². The van der Waals surface area contributed by atoms with Crippen LogP contribution in [0.25, 0.3) is 0 Å². The largest absolute Gasteiger partial charge is 0.480 e. The summed E-state index contributed by atoms with van der Waals surface area (Å²) in [6.07, 6.45) is 2.99. The number of carboxylic acid groups (broad SMARTS) is 1. The molecule has 1 rings (SSSR count). The number of amides is 1.